The van der Waals surface area contributed by atoms with Crippen molar-refractivity contribution in [3.8, 4) is 12.3 Å². The van der Waals surface area contributed by atoms with Gasteiger partial charge in [-0.2, -0.15) is 0 Å². The predicted molar refractivity (Wildman–Crippen MR) is 151 cm³/mol. The van der Waals surface area contributed by atoms with Crippen molar-refractivity contribution in [2.45, 2.75) is 123 Å². The minimum atomic E-state index is -0.888. The van der Waals surface area contributed by atoms with Gasteiger partial charge in [-0.05, 0) is 83.9 Å². The fraction of sp³-hybridized carbons (Fsp3) is 0.645. The number of nitrogens with one attached hydrogen (secondary N) is 2. The standard InChI is InChI=1S/C31H47N3O4/c1-9-24-17-19-25(20-18-24)27(28(35)33-26-13-11-10-12-14-26)34(22(4)16-15-21(2)3)29(36)23(5)32-30(37)38-31(6,7)8/h1,17-23,26-27H,10-16H2,2-8H3,(H,32,37)(H,33,35). The maximum Gasteiger partial charge on any atom is 0.408 e. The average Bonchev–Trinajstić information content (AvgIpc) is 2.84. The van der Waals surface area contributed by atoms with Crippen LogP contribution in [0.4, 0.5) is 4.79 Å². The molecule has 7 heteroatoms. The smallest absolute Gasteiger partial charge is 0.408 e. The third-order valence-electron chi connectivity index (χ3n) is 6.87. The Labute approximate surface area is 229 Å². The zero-order valence-corrected chi connectivity index (χ0v) is 24.3. The maximum atomic E-state index is 14.0. The summed E-state index contributed by atoms with van der Waals surface area (Å²) in [6.45, 7) is 13.2. The Morgan fingerprint density at radius 3 is 2.16 bits per heavy atom. The molecule has 1 aliphatic carbocycles. The molecule has 3 amide bonds. The quantitative estimate of drug-likeness (QED) is 0.382. The molecule has 1 aromatic carbocycles. The lowest BCUT2D eigenvalue weighted by atomic mass is 9.93. The number of ether oxygens (including phenoxy) is 1. The van der Waals surface area contributed by atoms with Crippen molar-refractivity contribution in [1.82, 2.24) is 15.5 Å². The molecule has 2 rings (SSSR count). The van der Waals surface area contributed by atoms with E-state index >= 15 is 0 Å². The first kappa shape index (κ1) is 31.2. The number of benzene rings is 1. The number of rotatable bonds is 10. The molecule has 0 saturated heterocycles. The Hall–Kier alpha value is -3.01. The van der Waals surface area contributed by atoms with E-state index in [0.717, 1.165) is 38.5 Å². The number of carbonyl (C=O) groups is 3. The molecule has 0 aliphatic heterocycles. The first-order chi connectivity index (χ1) is 17.8. The van der Waals surface area contributed by atoms with E-state index in [-0.39, 0.29) is 23.9 Å². The summed E-state index contributed by atoms with van der Waals surface area (Å²) in [5.74, 6) is 2.51. The highest BCUT2D eigenvalue weighted by Crippen LogP contribution is 2.29. The van der Waals surface area contributed by atoms with E-state index in [4.69, 9.17) is 11.2 Å². The zero-order chi connectivity index (χ0) is 28.5. The average molecular weight is 526 g/mol. The summed E-state index contributed by atoms with van der Waals surface area (Å²) in [5.41, 5.74) is 0.690. The Morgan fingerprint density at radius 2 is 1.63 bits per heavy atom. The predicted octanol–water partition coefficient (Wildman–Crippen LogP) is 5.72. The van der Waals surface area contributed by atoms with E-state index in [9.17, 15) is 14.4 Å². The molecule has 38 heavy (non-hydrogen) atoms. The number of amides is 3. The van der Waals surface area contributed by atoms with Crippen LogP contribution in [-0.2, 0) is 14.3 Å². The van der Waals surface area contributed by atoms with Crippen LogP contribution in [-0.4, -0.2) is 46.5 Å². The monoisotopic (exact) mass is 525 g/mol. The van der Waals surface area contributed by atoms with Crippen LogP contribution in [0, 0.1) is 18.3 Å². The number of terminal acetylenes is 1. The molecular formula is C31H47N3O4. The third-order valence-corrected chi connectivity index (χ3v) is 6.87. The molecule has 210 valence electrons. The highest BCUT2D eigenvalue weighted by Gasteiger charge is 2.38. The lowest BCUT2D eigenvalue weighted by Crippen LogP contribution is -2.55. The largest absolute Gasteiger partial charge is 0.444 e. The van der Waals surface area contributed by atoms with Gasteiger partial charge in [-0.1, -0.05) is 51.2 Å². The van der Waals surface area contributed by atoms with Crippen molar-refractivity contribution >= 4 is 17.9 Å². The normalized spacial score (nSPS) is 16.6. The van der Waals surface area contributed by atoms with E-state index in [1.165, 1.54) is 6.42 Å². The molecule has 2 N–H and O–H groups in total. The second kappa shape index (κ2) is 14.2. The third kappa shape index (κ3) is 9.70. The van der Waals surface area contributed by atoms with Gasteiger partial charge < -0.3 is 20.3 Å². The molecule has 7 nitrogen and oxygen atoms in total. The van der Waals surface area contributed by atoms with Crippen molar-refractivity contribution in [2.24, 2.45) is 5.92 Å². The fourth-order valence-electron chi connectivity index (χ4n) is 4.81. The molecule has 0 bridgehead atoms. The first-order valence-corrected chi connectivity index (χ1v) is 14.0. The molecule has 1 saturated carbocycles. The second-order valence-corrected chi connectivity index (χ2v) is 11.9. The molecule has 0 aromatic heterocycles. The van der Waals surface area contributed by atoms with Gasteiger partial charge >= 0.3 is 6.09 Å². The van der Waals surface area contributed by atoms with Crippen LogP contribution >= 0.6 is 0 Å². The van der Waals surface area contributed by atoms with Gasteiger partial charge in [0, 0.05) is 17.6 Å². The highest BCUT2D eigenvalue weighted by atomic mass is 16.6. The molecule has 3 atom stereocenters. The molecular weight excluding hydrogens is 478 g/mol. The number of alkyl carbamates (subject to hydrolysis) is 1. The van der Waals surface area contributed by atoms with Gasteiger partial charge in [0.05, 0.1) is 0 Å². The summed E-state index contributed by atoms with van der Waals surface area (Å²) in [7, 11) is 0. The van der Waals surface area contributed by atoms with Crippen LogP contribution in [0.2, 0.25) is 0 Å². The van der Waals surface area contributed by atoms with Gasteiger partial charge in [-0.3, -0.25) is 9.59 Å². The SMILES string of the molecule is C#Cc1ccc(C(C(=O)NC2CCCCC2)N(C(=O)C(C)NC(=O)OC(C)(C)C)C(C)CCC(C)C)cc1. The minimum Gasteiger partial charge on any atom is -0.444 e. The van der Waals surface area contributed by atoms with Crippen LogP contribution in [0.5, 0.6) is 0 Å². The molecule has 0 spiro atoms. The topological polar surface area (TPSA) is 87.7 Å². The molecule has 0 heterocycles. The van der Waals surface area contributed by atoms with E-state index in [1.807, 2.05) is 19.1 Å². The van der Waals surface area contributed by atoms with Crippen LogP contribution < -0.4 is 10.6 Å². The highest BCUT2D eigenvalue weighted by molar-refractivity contribution is 5.92. The van der Waals surface area contributed by atoms with Gasteiger partial charge in [0.15, 0.2) is 0 Å². The van der Waals surface area contributed by atoms with E-state index in [1.54, 1.807) is 44.7 Å². The minimum absolute atomic E-state index is 0.0870. The lowest BCUT2D eigenvalue weighted by Gasteiger charge is -2.39. The van der Waals surface area contributed by atoms with Gasteiger partial charge in [-0.15, -0.1) is 6.42 Å². The van der Waals surface area contributed by atoms with Gasteiger partial charge in [0.1, 0.15) is 17.7 Å². The van der Waals surface area contributed by atoms with Gasteiger partial charge in [0.2, 0.25) is 11.8 Å². The summed E-state index contributed by atoms with van der Waals surface area (Å²) >= 11 is 0. The molecule has 1 aliphatic rings. The van der Waals surface area contributed by atoms with Crippen LogP contribution in [0.25, 0.3) is 0 Å². The van der Waals surface area contributed by atoms with Crippen molar-refractivity contribution in [3.05, 3.63) is 35.4 Å². The first-order valence-electron chi connectivity index (χ1n) is 14.0. The van der Waals surface area contributed by atoms with Crippen LogP contribution in [0.15, 0.2) is 24.3 Å². The molecule has 3 unspecified atom stereocenters. The van der Waals surface area contributed by atoms with E-state index < -0.39 is 23.8 Å². The number of hydrogen-bond acceptors (Lipinski definition) is 4. The van der Waals surface area contributed by atoms with Crippen molar-refractivity contribution < 1.29 is 19.1 Å². The number of nitrogens with zero attached hydrogens (tertiary/aromatic N) is 1. The van der Waals surface area contributed by atoms with Crippen LogP contribution in [0.1, 0.15) is 111 Å². The Kier molecular flexibility index (Phi) is 11.7. The Bertz CT molecular complexity index is 968. The fourth-order valence-corrected chi connectivity index (χ4v) is 4.81. The number of hydrogen-bond donors (Lipinski definition) is 2. The summed E-state index contributed by atoms with van der Waals surface area (Å²) in [4.78, 5) is 42.1. The Morgan fingerprint density at radius 1 is 1.03 bits per heavy atom. The number of carbonyl (C=O) groups excluding carboxylic acids is 3. The summed E-state index contributed by atoms with van der Waals surface area (Å²) < 4.78 is 5.38. The van der Waals surface area contributed by atoms with Crippen LogP contribution in [0.3, 0.4) is 0 Å². The summed E-state index contributed by atoms with van der Waals surface area (Å²) in [6, 6.07) is 5.32. The van der Waals surface area contributed by atoms with Crippen molar-refractivity contribution in [1.29, 1.82) is 0 Å². The second-order valence-electron chi connectivity index (χ2n) is 11.9. The van der Waals surface area contributed by atoms with Crippen molar-refractivity contribution in [3.63, 3.8) is 0 Å². The Balaban J connectivity index is 2.45. The summed E-state index contributed by atoms with van der Waals surface area (Å²) in [6.07, 6.45) is 11.7. The lowest BCUT2D eigenvalue weighted by molar-refractivity contribution is -0.145. The van der Waals surface area contributed by atoms with E-state index in [0.29, 0.717) is 17.0 Å². The molecule has 0 radical (unpaired) electrons. The van der Waals surface area contributed by atoms with E-state index in [2.05, 4.69) is 30.4 Å². The summed E-state index contributed by atoms with van der Waals surface area (Å²) in [5, 5.41) is 5.90. The zero-order valence-electron chi connectivity index (χ0n) is 24.3. The molecule has 1 aromatic rings. The van der Waals surface area contributed by atoms with Gasteiger partial charge in [-0.25, -0.2) is 4.79 Å². The molecule has 1 fully saturated rings. The maximum absolute atomic E-state index is 14.0. The van der Waals surface area contributed by atoms with Crippen molar-refractivity contribution in [2.75, 3.05) is 0 Å². The van der Waals surface area contributed by atoms with Gasteiger partial charge in [0.25, 0.3) is 0 Å².